The van der Waals surface area contributed by atoms with E-state index in [1.807, 2.05) is 54.6 Å². The van der Waals surface area contributed by atoms with Crippen LogP contribution in [0.1, 0.15) is 27.4 Å². The summed E-state index contributed by atoms with van der Waals surface area (Å²) in [4.78, 5) is 12.3. The Balaban J connectivity index is 1.34. The predicted molar refractivity (Wildman–Crippen MR) is 122 cm³/mol. The largest absolute Gasteiger partial charge is 0.493 e. The van der Waals surface area contributed by atoms with E-state index >= 15 is 0 Å². The lowest BCUT2D eigenvalue weighted by atomic mass is 10.1. The number of ketones is 1. The van der Waals surface area contributed by atoms with Crippen molar-refractivity contribution in [3.8, 4) is 17.6 Å². The fourth-order valence-corrected chi connectivity index (χ4v) is 2.99. The summed E-state index contributed by atoms with van der Waals surface area (Å²) in [5, 5.41) is 7.81. The molecule has 0 fully saturated rings. The number of nitrogens with zero attached hydrogens (tertiary/aromatic N) is 2. The molecule has 0 N–H and O–H groups in total. The number of benzene rings is 3. The highest BCUT2D eigenvalue weighted by molar-refractivity contribution is 6.06. The highest BCUT2D eigenvalue weighted by Crippen LogP contribution is 2.29. The van der Waals surface area contributed by atoms with E-state index in [0.717, 1.165) is 11.1 Å². The molecule has 0 bridgehead atoms. The Bertz CT molecular complexity index is 1220. The van der Waals surface area contributed by atoms with Crippen LogP contribution in [-0.2, 0) is 13.2 Å². The van der Waals surface area contributed by atoms with Gasteiger partial charge in [0.2, 0.25) is 0 Å². The second-order valence-corrected chi connectivity index (χ2v) is 7.00. The standard InChI is InChI=1S/C26H22N2O5/c1-30-24-16-19(12-14-22(29)21-10-6-3-7-11-21)13-15-23(24)31-18-25-27-28-26(33-25)32-17-20-8-4-2-5-9-20/h2-16H,17-18H2,1H3/b14-12+. The second kappa shape index (κ2) is 10.8. The van der Waals surface area contributed by atoms with Crippen molar-refractivity contribution >= 4 is 11.9 Å². The minimum Gasteiger partial charge on any atom is -0.493 e. The minimum atomic E-state index is -0.0726. The molecule has 0 atom stereocenters. The van der Waals surface area contributed by atoms with Gasteiger partial charge in [0.15, 0.2) is 23.9 Å². The van der Waals surface area contributed by atoms with Gasteiger partial charge in [0, 0.05) is 5.56 Å². The smallest absolute Gasteiger partial charge is 0.415 e. The van der Waals surface area contributed by atoms with Crippen molar-refractivity contribution in [1.29, 1.82) is 0 Å². The molecule has 0 saturated heterocycles. The second-order valence-electron chi connectivity index (χ2n) is 7.00. The number of carbonyl (C=O) groups is 1. The lowest BCUT2D eigenvalue weighted by molar-refractivity contribution is 0.104. The number of aromatic nitrogens is 2. The average Bonchev–Trinajstić information content (AvgIpc) is 3.34. The summed E-state index contributed by atoms with van der Waals surface area (Å²) in [6.07, 6.45) is 3.34. The van der Waals surface area contributed by atoms with E-state index in [1.165, 1.54) is 6.08 Å². The van der Waals surface area contributed by atoms with Crippen LogP contribution in [-0.4, -0.2) is 23.1 Å². The molecule has 0 saturated carbocycles. The maximum Gasteiger partial charge on any atom is 0.415 e. The Morgan fingerprint density at radius 2 is 1.64 bits per heavy atom. The Morgan fingerprint density at radius 1 is 0.879 bits per heavy atom. The quantitative estimate of drug-likeness (QED) is 0.249. The molecular weight excluding hydrogens is 420 g/mol. The molecule has 0 amide bonds. The summed E-state index contributed by atoms with van der Waals surface area (Å²) in [6.45, 7) is 0.388. The molecule has 7 heteroatoms. The highest BCUT2D eigenvalue weighted by Gasteiger charge is 2.11. The Labute approximate surface area is 191 Å². The van der Waals surface area contributed by atoms with E-state index in [0.29, 0.717) is 23.7 Å². The van der Waals surface area contributed by atoms with Crippen molar-refractivity contribution in [3.63, 3.8) is 0 Å². The first-order valence-corrected chi connectivity index (χ1v) is 10.3. The van der Waals surface area contributed by atoms with E-state index in [4.69, 9.17) is 18.6 Å². The van der Waals surface area contributed by atoms with Crippen molar-refractivity contribution in [2.75, 3.05) is 7.11 Å². The molecule has 4 rings (SSSR count). The summed E-state index contributed by atoms with van der Waals surface area (Å²) in [5.41, 5.74) is 2.43. The molecule has 33 heavy (non-hydrogen) atoms. The van der Waals surface area contributed by atoms with Crippen molar-refractivity contribution in [2.24, 2.45) is 0 Å². The summed E-state index contributed by atoms with van der Waals surface area (Å²) in [7, 11) is 1.55. The van der Waals surface area contributed by atoms with Crippen molar-refractivity contribution in [3.05, 3.63) is 108 Å². The van der Waals surface area contributed by atoms with Crippen molar-refractivity contribution in [1.82, 2.24) is 10.2 Å². The average molecular weight is 442 g/mol. The molecular formula is C26H22N2O5. The number of hydrogen-bond acceptors (Lipinski definition) is 7. The van der Waals surface area contributed by atoms with Gasteiger partial charge in [-0.2, -0.15) is 0 Å². The normalized spacial score (nSPS) is 10.8. The highest BCUT2D eigenvalue weighted by atomic mass is 16.6. The summed E-state index contributed by atoms with van der Waals surface area (Å²) >= 11 is 0. The van der Waals surface area contributed by atoms with E-state index in [2.05, 4.69) is 10.2 Å². The molecule has 1 heterocycles. The van der Waals surface area contributed by atoms with Gasteiger partial charge in [-0.05, 0) is 29.3 Å². The Hall–Kier alpha value is -4.39. The fraction of sp³-hybridized carbons (Fsp3) is 0.115. The number of ether oxygens (including phenoxy) is 3. The molecule has 3 aromatic carbocycles. The first kappa shape index (κ1) is 21.8. The van der Waals surface area contributed by atoms with Gasteiger partial charge in [0.25, 0.3) is 5.89 Å². The fourth-order valence-electron chi connectivity index (χ4n) is 2.99. The van der Waals surface area contributed by atoms with Gasteiger partial charge in [-0.15, -0.1) is 5.10 Å². The third-order valence-corrected chi connectivity index (χ3v) is 4.68. The maximum atomic E-state index is 12.3. The topological polar surface area (TPSA) is 83.7 Å². The van der Waals surface area contributed by atoms with Crippen molar-refractivity contribution < 1.29 is 23.4 Å². The number of rotatable bonds is 10. The van der Waals surface area contributed by atoms with Crippen LogP contribution in [0.4, 0.5) is 0 Å². The summed E-state index contributed by atoms with van der Waals surface area (Å²) < 4.78 is 22.2. The van der Waals surface area contributed by atoms with Gasteiger partial charge in [-0.25, -0.2) is 0 Å². The molecule has 4 aromatic rings. The number of allylic oxidation sites excluding steroid dienone is 1. The zero-order chi connectivity index (χ0) is 22.9. The van der Waals surface area contributed by atoms with Crippen LogP contribution in [0, 0.1) is 0 Å². The lowest BCUT2D eigenvalue weighted by Crippen LogP contribution is -1.98. The monoisotopic (exact) mass is 442 g/mol. The first-order chi connectivity index (χ1) is 16.2. The third kappa shape index (κ3) is 6.07. The van der Waals surface area contributed by atoms with Gasteiger partial charge in [0.05, 0.1) is 7.11 Å². The van der Waals surface area contributed by atoms with Gasteiger partial charge in [-0.1, -0.05) is 77.9 Å². The molecule has 7 nitrogen and oxygen atoms in total. The molecule has 1 aromatic heterocycles. The van der Waals surface area contributed by atoms with E-state index in [9.17, 15) is 4.79 Å². The Kier molecular flexibility index (Phi) is 7.12. The van der Waals surface area contributed by atoms with Gasteiger partial charge < -0.3 is 18.6 Å². The maximum absolute atomic E-state index is 12.3. The summed E-state index contributed by atoms with van der Waals surface area (Å²) in [6, 6.07) is 24.2. The molecule has 0 aliphatic carbocycles. The van der Waals surface area contributed by atoms with Gasteiger partial charge in [0.1, 0.15) is 6.61 Å². The summed E-state index contributed by atoms with van der Waals surface area (Å²) in [5.74, 6) is 1.23. The van der Waals surface area contributed by atoms with Gasteiger partial charge in [-0.3, -0.25) is 4.79 Å². The minimum absolute atomic E-state index is 0.0553. The van der Waals surface area contributed by atoms with Crippen LogP contribution < -0.4 is 14.2 Å². The van der Waals surface area contributed by atoms with Crippen LogP contribution in [0.15, 0.2) is 89.4 Å². The molecule has 0 spiro atoms. The van der Waals surface area contributed by atoms with Crippen molar-refractivity contribution in [2.45, 2.75) is 13.2 Å². The molecule has 166 valence electrons. The van der Waals surface area contributed by atoms with Crippen LogP contribution in [0.25, 0.3) is 6.08 Å². The number of hydrogen-bond donors (Lipinski definition) is 0. The Morgan fingerprint density at radius 3 is 2.39 bits per heavy atom. The first-order valence-electron chi connectivity index (χ1n) is 10.3. The van der Waals surface area contributed by atoms with Crippen LogP contribution in [0.3, 0.4) is 0 Å². The van der Waals surface area contributed by atoms with E-state index in [-0.39, 0.29) is 24.4 Å². The molecule has 0 aliphatic rings. The van der Waals surface area contributed by atoms with Crippen LogP contribution in [0.5, 0.6) is 17.6 Å². The van der Waals surface area contributed by atoms with Gasteiger partial charge >= 0.3 is 6.08 Å². The van der Waals surface area contributed by atoms with Crippen LogP contribution >= 0.6 is 0 Å². The molecule has 0 aliphatic heterocycles. The number of methoxy groups -OCH3 is 1. The predicted octanol–water partition coefficient (Wildman–Crippen LogP) is 5.13. The molecule has 0 radical (unpaired) electrons. The third-order valence-electron chi connectivity index (χ3n) is 4.68. The SMILES string of the molecule is COc1cc(/C=C/C(=O)c2ccccc2)ccc1OCc1nnc(OCc2ccccc2)o1. The van der Waals surface area contributed by atoms with E-state index < -0.39 is 0 Å². The zero-order valence-electron chi connectivity index (χ0n) is 18.0. The zero-order valence-corrected chi connectivity index (χ0v) is 18.0. The van der Waals surface area contributed by atoms with Crippen LogP contribution in [0.2, 0.25) is 0 Å². The van der Waals surface area contributed by atoms with E-state index in [1.54, 1.807) is 37.5 Å². The number of carbonyl (C=O) groups excluding carboxylic acids is 1. The molecule has 0 unspecified atom stereocenters. The lowest BCUT2D eigenvalue weighted by Gasteiger charge is -2.09.